The van der Waals surface area contributed by atoms with Gasteiger partial charge in [-0.05, 0) is 32.8 Å². The van der Waals surface area contributed by atoms with E-state index < -0.39 is 0 Å². The molecular formula is C17H24N2O2. The topological polar surface area (TPSA) is 58.3 Å². The molecule has 1 aromatic heterocycles. The van der Waals surface area contributed by atoms with Gasteiger partial charge in [0.2, 0.25) is 0 Å². The first-order chi connectivity index (χ1) is 10.1. The van der Waals surface area contributed by atoms with Gasteiger partial charge in [-0.2, -0.15) is 0 Å². The number of phenolic OH excluding ortho intramolecular Hbond substituents is 1. The Labute approximate surface area is 126 Å². The maximum atomic E-state index is 10.1. The SMILES string of the molecule is CCC(NC(CC)c1c(C)noc1C)c1ccccc1O. The Morgan fingerprint density at radius 1 is 1.14 bits per heavy atom. The van der Waals surface area contributed by atoms with E-state index in [-0.39, 0.29) is 12.1 Å². The molecule has 0 spiro atoms. The van der Waals surface area contributed by atoms with Crippen LogP contribution in [0.2, 0.25) is 0 Å². The standard InChI is InChI=1S/C17H24N2O2/c1-5-14(13-9-7-8-10-16(13)20)18-15(6-2)17-11(3)19-21-12(17)4/h7-10,14-15,18,20H,5-6H2,1-4H3. The van der Waals surface area contributed by atoms with Crippen LogP contribution in [0.25, 0.3) is 0 Å². The zero-order chi connectivity index (χ0) is 15.4. The van der Waals surface area contributed by atoms with Crippen molar-refractivity contribution in [2.75, 3.05) is 0 Å². The fraction of sp³-hybridized carbons (Fsp3) is 0.471. The van der Waals surface area contributed by atoms with Gasteiger partial charge < -0.3 is 14.9 Å². The average molecular weight is 288 g/mol. The van der Waals surface area contributed by atoms with E-state index in [1.807, 2.05) is 32.0 Å². The molecular weight excluding hydrogens is 264 g/mol. The highest BCUT2D eigenvalue weighted by Gasteiger charge is 2.23. The number of benzene rings is 1. The molecule has 0 amide bonds. The Hall–Kier alpha value is -1.81. The third-order valence-corrected chi connectivity index (χ3v) is 3.97. The van der Waals surface area contributed by atoms with E-state index in [9.17, 15) is 5.11 Å². The van der Waals surface area contributed by atoms with Crippen molar-refractivity contribution < 1.29 is 9.63 Å². The minimum absolute atomic E-state index is 0.102. The number of para-hydroxylation sites is 1. The van der Waals surface area contributed by atoms with Crippen LogP contribution in [0.15, 0.2) is 28.8 Å². The van der Waals surface area contributed by atoms with Crippen LogP contribution in [0.5, 0.6) is 5.75 Å². The fourth-order valence-corrected chi connectivity index (χ4v) is 2.85. The highest BCUT2D eigenvalue weighted by atomic mass is 16.5. The molecule has 2 rings (SSSR count). The molecule has 0 radical (unpaired) electrons. The van der Waals surface area contributed by atoms with Crippen molar-refractivity contribution >= 4 is 0 Å². The van der Waals surface area contributed by atoms with E-state index in [4.69, 9.17) is 4.52 Å². The van der Waals surface area contributed by atoms with Crippen LogP contribution in [0.4, 0.5) is 0 Å². The lowest BCUT2D eigenvalue weighted by atomic mass is 9.97. The van der Waals surface area contributed by atoms with Gasteiger partial charge in [0.15, 0.2) is 0 Å². The van der Waals surface area contributed by atoms with Gasteiger partial charge in [-0.3, -0.25) is 0 Å². The van der Waals surface area contributed by atoms with E-state index >= 15 is 0 Å². The Balaban J connectivity index is 2.26. The summed E-state index contributed by atoms with van der Waals surface area (Å²) in [6.07, 6.45) is 1.84. The Morgan fingerprint density at radius 2 is 1.81 bits per heavy atom. The molecule has 0 aliphatic heterocycles. The number of aromatic nitrogens is 1. The number of nitrogens with zero attached hydrogens (tertiary/aromatic N) is 1. The summed E-state index contributed by atoms with van der Waals surface area (Å²) in [6.45, 7) is 8.17. The lowest BCUT2D eigenvalue weighted by Crippen LogP contribution is -2.26. The maximum absolute atomic E-state index is 10.1. The van der Waals surface area contributed by atoms with Gasteiger partial charge in [0.25, 0.3) is 0 Å². The summed E-state index contributed by atoms with van der Waals surface area (Å²) in [7, 11) is 0. The average Bonchev–Trinajstić information content (AvgIpc) is 2.81. The summed E-state index contributed by atoms with van der Waals surface area (Å²) < 4.78 is 5.28. The highest BCUT2D eigenvalue weighted by molar-refractivity contribution is 5.35. The van der Waals surface area contributed by atoms with Crippen LogP contribution in [-0.2, 0) is 0 Å². The van der Waals surface area contributed by atoms with Gasteiger partial charge in [0.05, 0.1) is 5.69 Å². The largest absolute Gasteiger partial charge is 0.508 e. The van der Waals surface area contributed by atoms with E-state index in [0.29, 0.717) is 5.75 Å². The maximum Gasteiger partial charge on any atom is 0.138 e. The minimum Gasteiger partial charge on any atom is -0.508 e. The summed E-state index contributed by atoms with van der Waals surface area (Å²) >= 11 is 0. The van der Waals surface area contributed by atoms with Crippen molar-refractivity contribution in [2.24, 2.45) is 0 Å². The number of hydrogen-bond acceptors (Lipinski definition) is 4. The second-order valence-electron chi connectivity index (χ2n) is 5.38. The van der Waals surface area contributed by atoms with Crippen LogP contribution >= 0.6 is 0 Å². The zero-order valence-electron chi connectivity index (χ0n) is 13.2. The third-order valence-electron chi connectivity index (χ3n) is 3.97. The molecule has 1 aromatic carbocycles. The molecule has 0 aliphatic rings. The molecule has 0 bridgehead atoms. The summed E-state index contributed by atoms with van der Waals surface area (Å²) in [5.74, 6) is 1.20. The number of aromatic hydroxyl groups is 1. The predicted octanol–water partition coefficient (Wildman–Crippen LogP) is 4.19. The molecule has 1 heterocycles. The Bertz CT molecular complexity index is 573. The summed E-state index contributed by atoms with van der Waals surface area (Å²) in [5, 5.41) is 17.7. The first-order valence-electron chi connectivity index (χ1n) is 7.55. The minimum atomic E-state index is 0.102. The lowest BCUT2D eigenvalue weighted by Gasteiger charge is -2.25. The molecule has 0 saturated heterocycles. The monoisotopic (exact) mass is 288 g/mol. The van der Waals surface area contributed by atoms with E-state index in [0.717, 1.165) is 35.4 Å². The molecule has 2 aromatic rings. The molecule has 4 heteroatoms. The highest BCUT2D eigenvalue weighted by Crippen LogP contribution is 2.31. The van der Waals surface area contributed by atoms with Crippen molar-refractivity contribution in [3.63, 3.8) is 0 Å². The quantitative estimate of drug-likeness (QED) is 0.836. The van der Waals surface area contributed by atoms with Gasteiger partial charge in [-0.25, -0.2) is 0 Å². The second-order valence-corrected chi connectivity index (χ2v) is 5.38. The van der Waals surface area contributed by atoms with Crippen LogP contribution < -0.4 is 5.32 Å². The molecule has 114 valence electrons. The molecule has 0 aliphatic carbocycles. The zero-order valence-corrected chi connectivity index (χ0v) is 13.2. The number of aryl methyl sites for hydroxylation is 2. The van der Waals surface area contributed by atoms with Crippen molar-refractivity contribution in [3.8, 4) is 5.75 Å². The first-order valence-corrected chi connectivity index (χ1v) is 7.55. The van der Waals surface area contributed by atoms with Crippen molar-refractivity contribution in [2.45, 2.75) is 52.6 Å². The normalized spacial score (nSPS) is 14.1. The Kier molecular flexibility index (Phi) is 5.02. The van der Waals surface area contributed by atoms with Crippen LogP contribution in [0.3, 0.4) is 0 Å². The van der Waals surface area contributed by atoms with Crippen molar-refractivity contribution in [3.05, 3.63) is 46.8 Å². The van der Waals surface area contributed by atoms with Gasteiger partial charge in [0.1, 0.15) is 11.5 Å². The molecule has 0 fully saturated rings. The first kappa shape index (κ1) is 15.6. The van der Waals surface area contributed by atoms with E-state index in [1.165, 1.54) is 0 Å². The van der Waals surface area contributed by atoms with E-state index in [1.54, 1.807) is 6.07 Å². The summed E-state index contributed by atoms with van der Waals surface area (Å²) in [4.78, 5) is 0. The third kappa shape index (κ3) is 3.27. The molecule has 0 saturated carbocycles. The Morgan fingerprint density at radius 3 is 2.33 bits per heavy atom. The van der Waals surface area contributed by atoms with Gasteiger partial charge in [-0.15, -0.1) is 0 Å². The van der Waals surface area contributed by atoms with Gasteiger partial charge in [0, 0.05) is 23.2 Å². The van der Waals surface area contributed by atoms with Gasteiger partial charge >= 0.3 is 0 Å². The molecule has 21 heavy (non-hydrogen) atoms. The molecule has 2 atom stereocenters. The number of hydrogen-bond donors (Lipinski definition) is 2. The molecule has 2 unspecified atom stereocenters. The second kappa shape index (κ2) is 6.76. The predicted molar refractivity (Wildman–Crippen MR) is 83.3 cm³/mol. The number of phenols is 1. The smallest absolute Gasteiger partial charge is 0.138 e. The molecule has 2 N–H and O–H groups in total. The fourth-order valence-electron chi connectivity index (χ4n) is 2.85. The summed E-state index contributed by atoms with van der Waals surface area (Å²) in [5.41, 5.74) is 3.00. The van der Waals surface area contributed by atoms with Crippen molar-refractivity contribution in [1.82, 2.24) is 10.5 Å². The van der Waals surface area contributed by atoms with Gasteiger partial charge in [-0.1, -0.05) is 37.2 Å². The lowest BCUT2D eigenvalue weighted by molar-refractivity contribution is 0.381. The summed E-state index contributed by atoms with van der Waals surface area (Å²) in [6, 6.07) is 7.77. The molecule has 4 nitrogen and oxygen atoms in total. The van der Waals surface area contributed by atoms with Crippen LogP contribution in [0.1, 0.15) is 61.4 Å². The van der Waals surface area contributed by atoms with Crippen molar-refractivity contribution in [1.29, 1.82) is 0 Å². The number of nitrogens with one attached hydrogen (secondary N) is 1. The number of rotatable bonds is 6. The van der Waals surface area contributed by atoms with Crippen LogP contribution in [0, 0.1) is 13.8 Å². The van der Waals surface area contributed by atoms with Crippen LogP contribution in [-0.4, -0.2) is 10.3 Å². The van der Waals surface area contributed by atoms with E-state index in [2.05, 4.69) is 24.3 Å².